The second-order valence-corrected chi connectivity index (χ2v) is 9.04. The third-order valence-corrected chi connectivity index (χ3v) is 6.62. The first-order valence-electron chi connectivity index (χ1n) is 8.99. The lowest BCUT2D eigenvalue weighted by Crippen LogP contribution is -2.35. The van der Waals surface area contributed by atoms with Gasteiger partial charge >= 0.3 is 0 Å². The van der Waals surface area contributed by atoms with E-state index in [2.05, 4.69) is 15.3 Å². The largest absolute Gasteiger partial charge is 0.346 e. The number of carbonyl (C=O) groups is 2. The monoisotopic (exact) mass is 391 g/mol. The van der Waals surface area contributed by atoms with Gasteiger partial charge in [-0.25, -0.2) is 4.98 Å². The van der Waals surface area contributed by atoms with Crippen molar-refractivity contribution in [1.29, 1.82) is 0 Å². The number of thiophene rings is 1. The van der Waals surface area contributed by atoms with Gasteiger partial charge in [-0.05, 0) is 33.3 Å². The molecule has 0 aliphatic carbocycles. The van der Waals surface area contributed by atoms with Gasteiger partial charge in [0.1, 0.15) is 0 Å². The highest BCUT2D eigenvalue weighted by Crippen LogP contribution is 2.23. The van der Waals surface area contributed by atoms with Crippen LogP contribution >= 0.6 is 22.7 Å². The molecular formula is C19H25N3O2S2. The Morgan fingerprint density at radius 2 is 1.92 bits per heavy atom. The maximum Gasteiger partial charge on any atom is 0.223 e. The van der Waals surface area contributed by atoms with Crippen LogP contribution in [-0.2, 0) is 4.79 Å². The van der Waals surface area contributed by atoms with Crippen molar-refractivity contribution in [3.63, 3.8) is 0 Å². The number of thiazole rings is 1. The van der Waals surface area contributed by atoms with E-state index in [1.165, 1.54) is 0 Å². The lowest BCUT2D eigenvalue weighted by atomic mass is 10.1. The number of aryl methyl sites for hydroxylation is 3. The van der Waals surface area contributed by atoms with Crippen molar-refractivity contribution in [2.75, 3.05) is 31.1 Å². The van der Waals surface area contributed by atoms with Gasteiger partial charge in [-0.1, -0.05) is 0 Å². The quantitative estimate of drug-likeness (QED) is 0.727. The summed E-state index contributed by atoms with van der Waals surface area (Å²) in [5.41, 5.74) is 1.82. The van der Waals surface area contributed by atoms with E-state index < -0.39 is 0 Å². The Bertz CT molecular complexity index is 797. The van der Waals surface area contributed by atoms with Crippen LogP contribution in [0, 0.1) is 20.8 Å². The fraction of sp³-hybridized carbons (Fsp3) is 0.526. The fourth-order valence-electron chi connectivity index (χ4n) is 3.27. The molecule has 0 spiro atoms. The number of anilines is 1. The number of nitrogens with zero attached hydrogens (tertiary/aromatic N) is 3. The van der Waals surface area contributed by atoms with E-state index in [4.69, 9.17) is 0 Å². The van der Waals surface area contributed by atoms with Gasteiger partial charge in [0, 0.05) is 59.7 Å². The van der Waals surface area contributed by atoms with Crippen LogP contribution in [0.15, 0.2) is 11.4 Å². The lowest BCUT2D eigenvalue weighted by Gasteiger charge is -2.21. The summed E-state index contributed by atoms with van der Waals surface area (Å²) in [5.74, 6) is 0.162. The standard InChI is InChI=1S/C19H25N3O2S2/c1-13-12-25-19(20-13)22-8-4-7-21(9-10-22)18(24)6-5-17(23)16-11-14(2)26-15(16)3/h11-12H,4-10H2,1-3H3. The predicted molar refractivity (Wildman–Crippen MR) is 108 cm³/mol. The predicted octanol–water partition coefficient (Wildman–Crippen LogP) is 3.83. The molecule has 1 aliphatic heterocycles. The van der Waals surface area contributed by atoms with Gasteiger partial charge in [0.25, 0.3) is 0 Å². The molecule has 1 saturated heterocycles. The van der Waals surface area contributed by atoms with E-state index in [1.54, 1.807) is 22.7 Å². The van der Waals surface area contributed by atoms with Gasteiger partial charge in [-0.2, -0.15) is 0 Å². The molecule has 3 rings (SSSR count). The topological polar surface area (TPSA) is 53.5 Å². The molecule has 7 heteroatoms. The average Bonchev–Trinajstić information content (AvgIpc) is 3.08. The molecule has 1 fully saturated rings. The zero-order valence-electron chi connectivity index (χ0n) is 15.6. The minimum Gasteiger partial charge on any atom is -0.346 e. The number of ketones is 1. The van der Waals surface area contributed by atoms with Crippen molar-refractivity contribution < 1.29 is 9.59 Å². The Balaban J connectivity index is 1.52. The van der Waals surface area contributed by atoms with Crippen molar-refractivity contribution >= 4 is 39.5 Å². The molecule has 0 unspecified atom stereocenters. The normalized spacial score (nSPS) is 15.2. The molecule has 0 aromatic carbocycles. The molecule has 2 aromatic rings. The summed E-state index contributed by atoms with van der Waals surface area (Å²) in [7, 11) is 0. The highest BCUT2D eigenvalue weighted by molar-refractivity contribution is 7.13. The van der Waals surface area contributed by atoms with Gasteiger partial charge in [-0.15, -0.1) is 22.7 Å². The van der Waals surface area contributed by atoms with Crippen LogP contribution in [0.4, 0.5) is 5.13 Å². The number of rotatable bonds is 5. The van der Waals surface area contributed by atoms with Crippen LogP contribution in [-0.4, -0.2) is 47.8 Å². The Morgan fingerprint density at radius 1 is 1.12 bits per heavy atom. The fourth-order valence-corrected chi connectivity index (χ4v) is 5.07. The Morgan fingerprint density at radius 3 is 2.58 bits per heavy atom. The molecule has 0 saturated carbocycles. The van der Waals surface area contributed by atoms with Gasteiger partial charge in [0.2, 0.25) is 5.91 Å². The van der Waals surface area contributed by atoms with E-state index >= 15 is 0 Å². The third kappa shape index (κ3) is 4.51. The summed E-state index contributed by atoms with van der Waals surface area (Å²) in [4.78, 5) is 35.9. The number of amides is 1. The van der Waals surface area contributed by atoms with Crippen LogP contribution in [0.5, 0.6) is 0 Å². The smallest absolute Gasteiger partial charge is 0.223 e. The van der Waals surface area contributed by atoms with E-state index in [9.17, 15) is 9.59 Å². The van der Waals surface area contributed by atoms with Gasteiger partial charge in [0.05, 0.1) is 5.69 Å². The number of aromatic nitrogens is 1. The molecular weight excluding hydrogens is 366 g/mol. The summed E-state index contributed by atoms with van der Waals surface area (Å²) >= 11 is 3.29. The van der Waals surface area contributed by atoms with Crippen LogP contribution in [0.1, 0.15) is 45.1 Å². The summed E-state index contributed by atoms with van der Waals surface area (Å²) < 4.78 is 0. The van der Waals surface area contributed by atoms with Crippen molar-refractivity contribution in [2.45, 2.75) is 40.0 Å². The molecule has 1 aliphatic rings. The number of hydrogen-bond acceptors (Lipinski definition) is 6. The number of hydrogen-bond donors (Lipinski definition) is 0. The van der Waals surface area contributed by atoms with Crippen molar-refractivity contribution in [3.8, 4) is 0 Å². The Labute approximate surface area is 162 Å². The van der Waals surface area contributed by atoms with Gasteiger partial charge < -0.3 is 9.80 Å². The third-order valence-electron chi connectivity index (χ3n) is 4.63. The van der Waals surface area contributed by atoms with Crippen LogP contribution < -0.4 is 4.90 Å². The van der Waals surface area contributed by atoms with Crippen LogP contribution in [0.2, 0.25) is 0 Å². The minimum absolute atomic E-state index is 0.0786. The molecule has 0 atom stereocenters. The highest BCUT2D eigenvalue weighted by Gasteiger charge is 2.22. The summed E-state index contributed by atoms with van der Waals surface area (Å²) in [6.45, 7) is 9.15. The molecule has 0 N–H and O–H groups in total. The van der Waals surface area contributed by atoms with Crippen LogP contribution in [0.25, 0.3) is 0 Å². The minimum atomic E-state index is 0.0786. The van der Waals surface area contributed by atoms with Crippen LogP contribution in [0.3, 0.4) is 0 Å². The lowest BCUT2D eigenvalue weighted by molar-refractivity contribution is -0.130. The molecule has 0 radical (unpaired) electrons. The molecule has 5 nitrogen and oxygen atoms in total. The van der Waals surface area contributed by atoms with E-state index in [0.717, 1.165) is 52.2 Å². The first-order chi connectivity index (χ1) is 12.4. The average molecular weight is 392 g/mol. The van der Waals surface area contributed by atoms with Crippen molar-refractivity contribution in [1.82, 2.24) is 9.88 Å². The maximum absolute atomic E-state index is 12.6. The first-order valence-corrected chi connectivity index (χ1v) is 10.7. The highest BCUT2D eigenvalue weighted by atomic mass is 32.1. The second-order valence-electron chi connectivity index (χ2n) is 6.74. The van der Waals surface area contributed by atoms with Gasteiger partial charge in [-0.3, -0.25) is 9.59 Å². The number of Topliss-reactive ketones (excluding diaryl/α,β-unsaturated/α-hetero) is 1. The summed E-state index contributed by atoms with van der Waals surface area (Å²) in [5, 5.41) is 3.10. The summed E-state index contributed by atoms with van der Waals surface area (Å²) in [6.07, 6.45) is 1.52. The molecule has 1 amide bonds. The van der Waals surface area contributed by atoms with E-state index in [1.807, 2.05) is 31.7 Å². The van der Waals surface area contributed by atoms with E-state index in [-0.39, 0.29) is 11.7 Å². The SMILES string of the molecule is Cc1csc(N2CCCN(C(=O)CCC(=O)c3cc(C)sc3C)CC2)n1. The molecule has 3 heterocycles. The van der Waals surface area contributed by atoms with E-state index in [0.29, 0.717) is 19.4 Å². The Kier molecular flexibility index (Phi) is 6.09. The summed E-state index contributed by atoms with van der Waals surface area (Å²) in [6, 6.07) is 1.94. The molecule has 0 bridgehead atoms. The number of carbonyl (C=O) groups excluding carboxylic acids is 2. The molecule has 26 heavy (non-hydrogen) atoms. The van der Waals surface area contributed by atoms with Gasteiger partial charge in [0.15, 0.2) is 10.9 Å². The zero-order chi connectivity index (χ0) is 18.7. The second kappa shape index (κ2) is 8.31. The Hall–Kier alpha value is -1.73. The first kappa shape index (κ1) is 19.0. The molecule has 2 aromatic heterocycles. The maximum atomic E-state index is 12.6. The van der Waals surface area contributed by atoms with Crippen molar-refractivity contribution in [3.05, 3.63) is 32.5 Å². The zero-order valence-corrected chi connectivity index (χ0v) is 17.2. The molecule has 140 valence electrons. The van der Waals surface area contributed by atoms with Crippen molar-refractivity contribution in [2.24, 2.45) is 0 Å².